The number of likely N-dealkylation sites (N-methyl/N-ethyl adjacent to an activating group) is 1. The highest BCUT2D eigenvalue weighted by Crippen LogP contribution is 2.17. The van der Waals surface area contributed by atoms with Gasteiger partial charge in [-0.1, -0.05) is 25.1 Å². The van der Waals surface area contributed by atoms with E-state index in [1.54, 1.807) is 14.0 Å². The Bertz CT molecular complexity index is 406. The number of ether oxygens (including phenoxy) is 1. The molecule has 1 N–H and O–H groups in total. The fraction of sp³-hybridized carbons (Fsp3) is 0.533. The summed E-state index contributed by atoms with van der Waals surface area (Å²) in [6.07, 6.45) is 1.58. The quantitative estimate of drug-likeness (QED) is 0.783. The molecule has 0 aliphatic rings. The normalized spacial score (nSPS) is 12.4. The minimum absolute atomic E-state index is 0.284. The minimum atomic E-state index is -0.724. The third kappa shape index (κ3) is 5.30. The number of para-hydroxylation sites is 1. The highest BCUT2D eigenvalue weighted by atomic mass is 16.5. The summed E-state index contributed by atoms with van der Waals surface area (Å²) in [5.74, 6) is -0.0957. The molecule has 4 nitrogen and oxygen atoms in total. The second kappa shape index (κ2) is 7.79. The molecular weight excluding hydrogens is 242 g/mol. The van der Waals surface area contributed by atoms with Crippen molar-refractivity contribution in [3.63, 3.8) is 0 Å². The lowest BCUT2D eigenvalue weighted by Gasteiger charge is -2.18. The van der Waals surface area contributed by atoms with Gasteiger partial charge < -0.3 is 14.7 Å². The van der Waals surface area contributed by atoms with Crippen molar-refractivity contribution in [2.75, 3.05) is 27.2 Å². The summed E-state index contributed by atoms with van der Waals surface area (Å²) in [6.45, 7) is 3.44. The zero-order valence-electron chi connectivity index (χ0n) is 11.9. The largest absolute Gasteiger partial charge is 0.496 e. The molecule has 0 bridgehead atoms. The van der Waals surface area contributed by atoms with E-state index in [0.29, 0.717) is 6.42 Å². The molecule has 0 fully saturated rings. The first-order valence-electron chi connectivity index (χ1n) is 6.57. The Morgan fingerprint density at radius 2 is 2.05 bits per heavy atom. The number of hydrogen-bond acceptors (Lipinski definition) is 3. The molecule has 1 aromatic carbocycles. The molecule has 4 heteroatoms. The molecule has 0 saturated carbocycles. The monoisotopic (exact) mass is 265 g/mol. The molecule has 0 aliphatic carbocycles. The zero-order valence-corrected chi connectivity index (χ0v) is 11.9. The van der Waals surface area contributed by atoms with Crippen LogP contribution in [-0.4, -0.2) is 43.2 Å². The van der Waals surface area contributed by atoms with E-state index in [9.17, 15) is 4.79 Å². The van der Waals surface area contributed by atoms with Crippen LogP contribution in [0.3, 0.4) is 0 Å². The molecule has 1 atom stereocenters. The topological polar surface area (TPSA) is 49.8 Å². The number of carboxylic acid groups (broad SMARTS) is 1. The van der Waals surface area contributed by atoms with Gasteiger partial charge in [0.1, 0.15) is 5.75 Å². The zero-order chi connectivity index (χ0) is 14.3. The summed E-state index contributed by atoms with van der Waals surface area (Å²) in [6, 6.07) is 7.99. The first-order valence-corrected chi connectivity index (χ1v) is 6.57. The van der Waals surface area contributed by atoms with Crippen LogP contribution in [-0.2, 0) is 11.2 Å². The van der Waals surface area contributed by atoms with Crippen LogP contribution in [0, 0.1) is 5.92 Å². The van der Waals surface area contributed by atoms with Crippen molar-refractivity contribution in [2.45, 2.75) is 19.8 Å². The first kappa shape index (κ1) is 15.5. The number of carbonyl (C=O) groups is 1. The standard InChI is InChI=1S/C15H23NO3/c1-12(15(17)18)8-10-16(2)11-9-13-6-4-5-7-14(13)19-3/h4-7,12H,8-11H2,1-3H3,(H,17,18). The molecule has 1 rings (SSSR count). The van der Waals surface area contributed by atoms with Crippen molar-refractivity contribution in [1.82, 2.24) is 4.90 Å². The SMILES string of the molecule is COc1ccccc1CCN(C)CCC(C)C(=O)O. The van der Waals surface area contributed by atoms with Crippen LogP contribution >= 0.6 is 0 Å². The predicted molar refractivity (Wildman–Crippen MR) is 75.6 cm³/mol. The van der Waals surface area contributed by atoms with E-state index in [1.165, 1.54) is 5.56 Å². The van der Waals surface area contributed by atoms with E-state index in [0.717, 1.165) is 25.3 Å². The van der Waals surface area contributed by atoms with Crippen molar-refractivity contribution in [1.29, 1.82) is 0 Å². The smallest absolute Gasteiger partial charge is 0.306 e. The molecule has 1 aromatic rings. The van der Waals surface area contributed by atoms with Gasteiger partial charge in [0.25, 0.3) is 0 Å². The number of hydrogen-bond donors (Lipinski definition) is 1. The summed E-state index contributed by atoms with van der Waals surface area (Å²) >= 11 is 0. The van der Waals surface area contributed by atoms with Gasteiger partial charge in [0.15, 0.2) is 0 Å². The maximum atomic E-state index is 10.7. The Kier molecular flexibility index (Phi) is 6.36. The van der Waals surface area contributed by atoms with Gasteiger partial charge >= 0.3 is 5.97 Å². The van der Waals surface area contributed by atoms with Crippen LogP contribution in [0.5, 0.6) is 5.75 Å². The highest BCUT2D eigenvalue weighted by Gasteiger charge is 2.11. The van der Waals surface area contributed by atoms with Gasteiger partial charge in [0.05, 0.1) is 13.0 Å². The molecule has 0 aromatic heterocycles. The molecule has 1 unspecified atom stereocenters. The second-order valence-corrected chi connectivity index (χ2v) is 4.89. The van der Waals surface area contributed by atoms with Gasteiger partial charge in [0, 0.05) is 6.54 Å². The lowest BCUT2D eigenvalue weighted by Crippen LogP contribution is -2.25. The molecular formula is C15H23NO3. The fourth-order valence-corrected chi connectivity index (χ4v) is 1.87. The van der Waals surface area contributed by atoms with Crippen LogP contribution in [0.4, 0.5) is 0 Å². The third-order valence-electron chi connectivity index (χ3n) is 3.32. The van der Waals surface area contributed by atoms with Crippen LogP contribution < -0.4 is 4.74 Å². The van der Waals surface area contributed by atoms with Crippen LogP contribution in [0.2, 0.25) is 0 Å². The van der Waals surface area contributed by atoms with Crippen molar-refractivity contribution < 1.29 is 14.6 Å². The predicted octanol–water partition coefficient (Wildman–Crippen LogP) is 2.28. The van der Waals surface area contributed by atoms with Gasteiger partial charge in [-0.15, -0.1) is 0 Å². The number of carboxylic acids is 1. The first-order chi connectivity index (χ1) is 9.04. The number of nitrogens with zero attached hydrogens (tertiary/aromatic N) is 1. The average Bonchev–Trinajstić information content (AvgIpc) is 2.42. The summed E-state index contributed by atoms with van der Waals surface area (Å²) in [4.78, 5) is 12.9. The second-order valence-electron chi connectivity index (χ2n) is 4.89. The van der Waals surface area contributed by atoms with E-state index in [2.05, 4.69) is 11.0 Å². The third-order valence-corrected chi connectivity index (χ3v) is 3.32. The Morgan fingerprint density at radius 1 is 1.37 bits per heavy atom. The summed E-state index contributed by atoms with van der Waals surface area (Å²) in [5.41, 5.74) is 1.18. The van der Waals surface area contributed by atoms with Crippen molar-refractivity contribution in [2.24, 2.45) is 5.92 Å². The van der Waals surface area contributed by atoms with Gasteiger partial charge in [-0.2, -0.15) is 0 Å². The molecule has 0 spiro atoms. The summed E-state index contributed by atoms with van der Waals surface area (Å²) < 4.78 is 5.31. The van der Waals surface area contributed by atoms with Gasteiger partial charge in [0.2, 0.25) is 0 Å². The Balaban J connectivity index is 2.37. The van der Waals surface area contributed by atoms with Crippen LogP contribution in [0.25, 0.3) is 0 Å². The highest BCUT2D eigenvalue weighted by molar-refractivity contribution is 5.69. The van der Waals surface area contributed by atoms with Crippen LogP contribution in [0.1, 0.15) is 18.9 Å². The number of rotatable bonds is 8. The molecule has 0 aliphatic heterocycles. The average molecular weight is 265 g/mol. The van der Waals surface area contributed by atoms with Crippen molar-refractivity contribution >= 4 is 5.97 Å². The number of aliphatic carboxylic acids is 1. The van der Waals surface area contributed by atoms with Crippen LogP contribution in [0.15, 0.2) is 24.3 Å². The molecule has 0 amide bonds. The Labute approximate surface area is 115 Å². The molecule has 106 valence electrons. The maximum Gasteiger partial charge on any atom is 0.306 e. The Hall–Kier alpha value is -1.55. The fourth-order valence-electron chi connectivity index (χ4n) is 1.87. The Morgan fingerprint density at radius 3 is 2.68 bits per heavy atom. The number of methoxy groups -OCH3 is 1. The molecule has 0 saturated heterocycles. The molecule has 0 heterocycles. The molecule has 0 radical (unpaired) electrons. The maximum absolute atomic E-state index is 10.7. The lowest BCUT2D eigenvalue weighted by atomic mass is 10.1. The van der Waals surface area contributed by atoms with E-state index >= 15 is 0 Å². The van der Waals surface area contributed by atoms with Crippen molar-refractivity contribution in [3.8, 4) is 5.75 Å². The van der Waals surface area contributed by atoms with Gasteiger partial charge in [-0.3, -0.25) is 4.79 Å². The van der Waals surface area contributed by atoms with Gasteiger partial charge in [-0.25, -0.2) is 0 Å². The number of benzene rings is 1. The van der Waals surface area contributed by atoms with E-state index in [1.807, 2.05) is 25.2 Å². The summed E-state index contributed by atoms with van der Waals surface area (Å²) in [5, 5.41) is 8.84. The van der Waals surface area contributed by atoms with E-state index < -0.39 is 5.97 Å². The lowest BCUT2D eigenvalue weighted by molar-refractivity contribution is -0.141. The summed E-state index contributed by atoms with van der Waals surface area (Å²) in [7, 11) is 3.70. The minimum Gasteiger partial charge on any atom is -0.496 e. The van der Waals surface area contributed by atoms with Gasteiger partial charge in [-0.05, 0) is 38.1 Å². The van der Waals surface area contributed by atoms with E-state index in [4.69, 9.17) is 9.84 Å². The molecule has 19 heavy (non-hydrogen) atoms. The van der Waals surface area contributed by atoms with E-state index in [-0.39, 0.29) is 5.92 Å². The van der Waals surface area contributed by atoms with Crippen molar-refractivity contribution in [3.05, 3.63) is 29.8 Å².